The van der Waals surface area contributed by atoms with E-state index in [1.807, 2.05) is 18.2 Å². The Labute approximate surface area is 174 Å². The molecule has 0 bridgehead atoms. The van der Waals surface area contributed by atoms with E-state index >= 15 is 0 Å². The highest BCUT2D eigenvalue weighted by molar-refractivity contribution is 6.30. The summed E-state index contributed by atoms with van der Waals surface area (Å²) in [4.78, 5) is 40.5. The van der Waals surface area contributed by atoms with Crippen LogP contribution in [0.5, 0.6) is 0 Å². The van der Waals surface area contributed by atoms with Gasteiger partial charge in [-0.2, -0.15) is 0 Å². The van der Waals surface area contributed by atoms with Crippen LogP contribution < -0.4 is 0 Å². The molecule has 0 radical (unpaired) electrons. The molecule has 1 heterocycles. The van der Waals surface area contributed by atoms with Gasteiger partial charge in [0.2, 0.25) is 11.8 Å². The molecule has 29 heavy (non-hydrogen) atoms. The van der Waals surface area contributed by atoms with Gasteiger partial charge in [0.05, 0.1) is 0 Å². The van der Waals surface area contributed by atoms with Crippen LogP contribution in [0.2, 0.25) is 5.02 Å². The molecule has 0 aromatic heterocycles. The number of nitrogens with zero attached hydrogens (tertiary/aromatic N) is 2. The molecule has 0 spiro atoms. The van der Waals surface area contributed by atoms with Crippen molar-refractivity contribution in [3.8, 4) is 0 Å². The van der Waals surface area contributed by atoms with Crippen molar-refractivity contribution in [2.45, 2.75) is 25.8 Å². The van der Waals surface area contributed by atoms with Gasteiger partial charge in [0.1, 0.15) is 5.82 Å². The van der Waals surface area contributed by atoms with Gasteiger partial charge < -0.3 is 9.80 Å². The van der Waals surface area contributed by atoms with E-state index in [2.05, 4.69) is 0 Å². The maximum absolute atomic E-state index is 13.0. The van der Waals surface area contributed by atoms with Gasteiger partial charge in [0.25, 0.3) is 0 Å². The largest absolute Gasteiger partial charge is 0.340 e. The minimum atomic E-state index is -0.408. The minimum absolute atomic E-state index is 0.0114. The summed E-state index contributed by atoms with van der Waals surface area (Å²) >= 11 is 6.01. The highest BCUT2D eigenvalue weighted by atomic mass is 35.5. The number of ketones is 1. The lowest BCUT2D eigenvalue weighted by atomic mass is 10.1. The van der Waals surface area contributed by atoms with E-state index in [4.69, 9.17) is 11.6 Å². The lowest BCUT2D eigenvalue weighted by Gasteiger charge is -2.22. The molecule has 7 heteroatoms. The normalized spacial score (nSPS) is 14.6. The number of hydrogen-bond acceptors (Lipinski definition) is 3. The minimum Gasteiger partial charge on any atom is -0.340 e. The van der Waals surface area contributed by atoms with Crippen molar-refractivity contribution in [2.75, 3.05) is 19.6 Å². The van der Waals surface area contributed by atoms with Crippen LogP contribution in [-0.4, -0.2) is 47.0 Å². The van der Waals surface area contributed by atoms with E-state index in [0.717, 1.165) is 5.56 Å². The third-order valence-corrected chi connectivity index (χ3v) is 5.17. The highest BCUT2D eigenvalue weighted by Gasteiger charge is 2.24. The molecule has 5 nitrogen and oxygen atoms in total. The number of Topliss-reactive ketones (excluding diaryl/α,β-unsaturated/α-hetero) is 1. The molecule has 152 valence electrons. The Balaban J connectivity index is 1.52. The number of rotatable bonds is 6. The summed E-state index contributed by atoms with van der Waals surface area (Å²) in [6.07, 6.45) is 0.373. The smallest absolute Gasteiger partial charge is 0.224 e. The molecular weight excluding hydrogens is 395 g/mol. The van der Waals surface area contributed by atoms with Crippen LogP contribution in [0, 0.1) is 5.82 Å². The van der Waals surface area contributed by atoms with Crippen molar-refractivity contribution < 1.29 is 18.8 Å². The van der Waals surface area contributed by atoms with Gasteiger partial charge in [0, 0.05) is 56.0 Å². The Hall–Kier alpha value is -2.73. The van der Waals surface area contributed by atoms with Crippen molar-refractivity contribution in [1.82, 2.24) is 9.80 Å². The number of halogens is 2. The zero-order valence-corrected chi connectivity index (χ0v) is 16.7. The predicted molar refractivity (Wildman–Crippen MR) is 108 cm³/mol. The average Bonchev–Trinajstić information content (AvgIpc) is 2.88. The third-order valence-electron chi connectivity index (χ3n) is 4.94. The molecule has 0 saturated carbocycles. The molecule has 1 fully saturated rings. The first-order chi connectivity index (χ1) is 13.9. The lowest BCUT2D eigenvalue weighted by molar-refractivity contribution is -0.131. The number of hydrogen-bond donors (Lipinski definition) is 0. The van der Waals surface area contributed by atoms with Crippen LogP contribution in [0.15, 0.2) is 48.5 Å². The molecular formula is C22H22ClFN2O3. The first-order valence-electron chi connectivity index (χ1n) is 9.51. The second kappa shape index (κ2) is 9.65. The van der Waals surface area contributed by atoms with Crippen molar-refractivity contribution in [2.24, 2.45) is 0 Å². The zero-order chi connectivity index (χ0) is 20.8. The van der Waals surface area contributed by atoms with E-state index in [1.165, 1.54) is 24.3 Å². The Bertz CT molecular complexity index is 901. The van der Waals surface area contributed by atoms with Gasteiger partial charge in [-0.15, -0.1) is 0 Å². The van der Waals surface area contributed by atoms with Crippen molar-refractivity contribution in [3.05, 3.63) is 70.5 Å². The quantitative estimate of drug-likeness (QED) is 0.674. The third kappa shape index (κ3) is 5.87. The van der Waals surface area contributed by atoms with E-state index in [1.54, 1.807) is 15.9 Å². The lowest BCUT2D eigenvalue weighted by Crippen LogP contribution is -2.35. The van der Waals surface area contributed by atoms with Crippen LogP contribution >= 0.6 is 11.6 Å². The van der Waals surface area contributed by atoms with E-state index in [9.17, 15) is 18.8 Å². The summed E-state index contributed by atoms with van der Waals surface area (Å²) in [5.41, 5.74) is 1.33. The molecule has 0 unspecified atom stereocenters. The van der Waals surface area contributed by atoms with Crippen LogP contribution in [0.4, 0.5) is 4.39 Å². The van der Waals surface area contributed by atoms with Gasteiger partial charge in [-0.1, -0.05) is 23.7 Å². The van der Waals surface area contributed by atoms with E-state index < -0.39 is 5.82 Å². The second-order valence-corrected chi connectivity index (χ2v) is 7.44. The molecule has 1 aliphatic heterocycles. The maximum atomic E-state index is 13.0. The Morgan fingerprint density at radius 1 is 1.00 bits per heavy atom. The predicted octanol–water partition coefficient (Wildman–Crippen LogP) is 3.70. The monoisotopic (exact) mass is 416 g/mol. The summed E-state index contributed by atoms with van der Waals surface area (Å²) in [6, 6.07) is 12.6. The first kappa shape index (κ1) is 21.0. The SMILES string of the molecule is O=C(CCC(=O)N1CCC(=O)N(Cc2cccc(Cl)c2)CC1)c1ccc(F)cc1. The maximum Gasteiger partial charge on any atom is 0.224 e. The van der Waals surface area contributed by atoms with Gasteiger partial charge >= 0.3 is 0 Å². The fourth-order valence-electron chi connectivity index (χ4n) is 3.30. The molecule has 0 N–H and O–H groups in total. The summed E-state index contributed by atoms with van der Waals surface area (Å²) in [5, 5.41) is 0.618. The van der Waals surface area contributed by atoms with Gasteiger partial charge in [0.15, 0.2) is 5.78 Å². The Kier molecular flexibility index (Phi) is 6.99. The topological polar surface area (TPSA) is 57.7 Å². The molecule has 0 atom stereocenters. The average molecular weight is 417 g/mol. The second-order valence-electron chi connectivity index (χ2n) is 7.01. The standard InChI is InChI=1S/C22H22ClFN2O3/c23-18-3-1-2-16(14-18)15-26-13-12-25(11-10-22(26)29)21(28)9-8-20(27)17-4-6-19(24)7-5-17/h1-7,14H,8-13,15H2. The van der Waals surface area contributed by atoms with Crippen molar-refractivity contribution in [3.63, 3.8) is 0 Å². The number of carbonyl (C=O) groups excluding carboxylic acids is 3. The summed E-state index contributed by atoms with van der Waals surface area (Å²) < 4.78 is 13.0. The van der Waals surface area contributed by atoms with Crippen LogP contribution in [-0.2, 0) is 16.1 Å². The van der Waals surface area contributed by atoms with E-state index in [0.29, 0.717) is 36.8 Å². The van der Waals surface area contributed by atoms with Crippen LogP contribution in [0.1, 0.15) is 35.2 Å². The Morgan fingerprint density at radius 3 is 2.48 bits per heavy atom. The number of carbonyl (C=O) groups is 3. The van der Waals surface area contributed by atoms with Crippen LogP contribution in [0.25, 0.3) is 0 Å². The molecule has 1 saturated heterocycles. The highest BCUT2D eigenvalue weighted by Crippen LogP contribution is 2.16. The number of benzene rings is 2. The molecule has 1 aliphatic rings. The molecule has 3 rings (SSSR count). The molecule has 2 aromatic rings. The molecule has 2 amide bonds. The first-order valence-corrected chi connectivity index (χ1v) is 9.89. The fourth-order valence-corrected chi connectivity index (χ4v) is 3.51. The molecule has 2 aromatic carbocycles. The molecule has 0 aliphatic carbocycles. The summed E-state index contributed by atoms with van der Waals surface area (Å²) in [5.74, 6) is -0.776. The Morgan fingerprint density at radius 2 is 1.76 bits per heavy atom. The fraction of sp³-hybridized carbons (Fsp3) is 0.318. The van der Waals surface area contributed by atoms with Gasteiger partial charge in [-0.25, -0.2) is 4.39 Å². The zero-order valence-electron chi connectivity index (χ0n) is 15.9. The van der Waals surface area contributed by atoms with Crippen LogP contribution in [0.3, 0.4) is 0 Å². The van der Waals surface area contributed by atoms with Crippen molar-refractivity contribution >= 4 is 29.2 Å². The summed E-state index contributed by atoms with van der Waals surface area (Å²) in [6.45, 7) is 1.65. The summed E-state index contributed by atoms with van der Waals surface area (Å²) in [7, 11) is 0. The van der Waals surface area contributed by atoms with Gasteiger partial charge in [-0.3, -0.25) is 14.4 Å². The van der Waals surface area contributed by atoms with Gasteiger partial charge in [-0.05, 0) is 42.0 Å². The van der Waals surface area contributed by atoms with E-state index in [-0.39, 0.29) is 36.9 Å². The van der Waals surface area contributed by atoms with Crippen molar-refractivity contribution in [1.29, 1.82) is 0 Å². The number of amides is 2.